The molecule has 0 unspecified atom stereocenters. The molecule has 0 saturated carbocycles. The van der Waals surface area contributed by atoms with Crippen LogP contribution in [0.3, 0.4) is 0 Å². The quantitative estimate of drug-likeness (QED) is 0.0403. The zero-order valence-corrected chi connectivity index (χ0v) is 51.0. The van der Waals surface area contributed by atoms with Gasteiger partial charge in [0, 0.05) is 0 Å². The molecule has 2 aliphatic rings. The van der Waals surface area contributed by atoms with Gasteiger partial charge >= 0.3 is 17.9 Å². The molecule has 0 radical (unpaired) electrons. The predicted octanol–water partition coefficient (Wildman–Crippen LogP) is 12.7. The number of aliphatic carboxylic acids is 1. The average Bonchev–Trinajstić information content (AvgIpc) is 3.33. The molecule has 2 heterocycles. The summed E-state index contributed by atoms with van der Waals surface area (Å²) < 4.78 is 48.3. The smallest absolute Gasteiger partial charge is 0.321 e. The number of phenols is 1. The number of hydrogen-bond donors (Lipinski definition) is 4. The SMILES string of the molecule is CC1(C)OCC(C)(C(=O)O)CO1.COc1cc(C)cc(/C=C/c2ccc(O)cc2)c1.COc1cc(C)cc(/C=C/c2ccc(OC(=O)C(C)(CO)CO)cc2)c1.COc1cc(C)cc(/C=C/c2ccc(OC(=O)C3(C)COC(C)(C)OC3)cc2)c1. The first-order valence-corrected chi connectivity index (χ1v) is 27.6. The molecule has 0 bridgehead atoms. The van der Waals surface area contributed by atoms with Crippen LogP contribution in [0.4, 0.5) is 0 Å². The Balaban J connectivity index is 0.000000216. The molecule has 2 aliphatic heterocycles. The lowest BCUT2D eigenvalue weighted by atomic mass is 9.92. The van der Waals surface area contributed by atoms with Gasteiger partial charge < -0.3 is 63.1 Å². The number of aromatic hydroxyl groups is 1. The Hall–Kier alpha value is -8.09. The molecule has 0 aromatic heterocycles. The van der Waals surface area contributed by atoms with E-state index in [-0.39, 0.29) is 38.1 Å². The van der Waals surface area contributed by atoms with Crippen LogP contribution < -0.4 is 23.7 Å². The van der Waals surface area contributed by atoms with E-state index < -0.39 is 53.0 Å². The number of phenolic OH excluding ortho intramolecular Hbond substituents is 1. The van der Waals surface area contributed by atoms with Gasteiger partial charge in [-0.05, 0) is 192 Å². The minimum absolute atomic E-state index is 0.204. The van der Waals surface area contributed by atoms with Crippen molar-refractivity contribution in [2.75, 3.05) is 61.0 Å². The van der Waals surface area contributed by atoms with Crippen LogP contribution in [0.15, 0.2) is 127 Å². The summed E-state index contributed by atoms with van der Waals surface area (Å²) in [5, 5.41) is 36.5. The molecule has 6 aromatic rings. The Morgan fingerprint density at radius 1 is 0.459 bits per heavy atom. The topological polar surface area (TPSA) is 215 Å². The summed E-state index contributed by atoms with van der Waals surface area (Å²) in [6, 6.07) is 39.6. The van der Waals surface area contributed by atoms with Crippen LogP contribution >= 0.6 is 0 Å². The van der Waals surface area contributed by atoms with Crippen molar-refractivity contribution in [3.05, 3.63) is 177 Å². The second kappa shape index (κ2) is 30.6. The van der Waals surface area contributed by atoms with Crippen molar-refractivity contribution in [3.8, 4) is 34.5 Å². The van der Waals surface area contributed by atoms with Crippen LogP contribution in [-0.2, 0) is 33.3 Å². The van der Waals surface area contributed by atoms with E-state index >= 15 is 0 Å². The van der Waals surface area contributed by atoms with E-state index in [1.54, 1.807) is 85.4 Å². The van der Waals surface area contributed by atoms with E-state index in [2.05, 4.69) is 18.2 Å². The number of esters is 2. The largest absolute Gasteiger partial charge is 0.508 e. The Morgan fingerprint density at radius 2 is 0.765 bits per heavy atom. The van der Waals surface area contributed by atoms with E-state index in [4.69, 9.17) is 47.7 Å². The van der Waals surface area contributed by atoms with Crippen molar-refractivity contribution in [3.63, 3.8) is 0 Å². The molecular formula is C69H82O16. The second-order valence-electron chi connectivity index (χ2n) is 22.6. The Bertz CT molecular complexity index is 3220. The number of ether oxygens (including phenoxy) is 9. The summed E-state index contributed by atoms with van der Waals surface area (Å²) in [4.78, 5) is 35.3. The fourth-order valence-corrected chi connectivity index (χ4v) is 7.81. The summed E-state index contributed by atoms with van der Waals surface area (Å²) in [5.74, 6) is 0.419. The number of aryl methyl sites for hydroxylation is 3. The molecule has 8 rings (SSSR count). The lowest BCUT2D eigenvalue weighted by Gasteiger charge is -2.39. The van der Waals surface area contributed by atoms with Crippen LogP contribution in [0.1, 0.15) is 98.5 Å². The molecule has 85 heavy (non-hydrogen) atoms. The van der Waals surface area contributed by atoms with Crippen LogP contribution in [-0.4, -0.2) is 111 Å². The van der Waals surface area contributed by atoms with Crippen molar-refractivity contribution in [2.24, 2.45) is 16.2 Å². The van der Waals surface area contributed by atoms with E-state index in [0.29, 0.717) is 11.5 Å². The normalized spacial score (nSPS) is 15.7. The number of carbonyl (C=O) groups is 3. The lowest BCUT2D eigenvalue weighted by Crippen LogP contribution is -2.50. The molecule has 2 saturated heterocycles. The van der Waals surface area contributed by atoms with Crippen molar-refractivity contribution < 1.29 is 77.4 Å². The van der Waals surface area contributed by atoms with Gasteiger partial charge in [-0.2, -0.15) is 0 Å². The lowest BCUT2D eigenvalue weighted by molar-refractivity contribution is -0.280. The zero-order chi connectivity index (χ0) is 62.6. The number of aliphatic hydroxyl groups excluding tert-OH is 2. The fourth-order valence-electron chi connectivity index (χ4n) is 7.81. The highest BCUT2D eigenvalue weighted by Gasteiger charge is 2.44. The monoisotopic (exact) mass is 1170 g/mol. The van der Waals surface area contributed by atoms with Gasteiger partial charge in [0.25, 0.3) is 0 Å². The highest BCUT2D eigenvalue weighted by atomic mass is 16.7. The first-order valence-electron chi connectivity index (χ1n) is 27.6. The van der Waals surface area contributed by atoms with Gasteiger partial charge in [-0.15, -0.1) is 0 Å². The third-order valence-corrected chi connectivity index (χ3v) is 13.6. The van der Waals surface area contributed by atoms with Gasteiger partial charge in [-0.25, -0.2) is 0 Å². The highest BCUT2D eigenvalue weighted by Crippen LogP contribution is 2.33. The number of carbonyl (C=O) groups excluding carboxylic acids is 2. The molecule has 0 atom stereocenters. The van der Waals surface area contributed by atoms with Crippen LogP contribution in [0.2, 0.25) is 0 Å². The van der Waals surface area contributed by atoms with Gasteiger partial charge in [0.1, 0.15) is 50.7 Å². The standard InChI is InChI=1S/C24H28O5.C21H24O5.C16H16O2.C8H14O4/c1-17-12-19(14-21(13-17)26-5)7-6-18-8-10-20(11-9-18)29-22(25)24(4)15-27-23(2,3)28-16-24;1-15-10-17(12-19(11-15)25-3)5-4-16-6-8-18(9-7-16)26-20(24)21(2,13-22)14-23;1-12-9-14(11-16(10-12)18-2)4-3-13-5-7-15(17)8-6-13;1-7(2)11-4-8(3,5-12-7)6(9)10/h6-14H,15-16H2,1-5H3;4-12,22-23H,13-14H2,1-3H3;3-11,17H,1-2H3;4-5H2,1-3H3,(H,9,10)/b7-6+;5-4+;4-3+;. The third kappa shape index (κ3) is 21.5. The molecule has 0 amide bonds. The third-order valence-electron chi connectivity index (χ3n) is 13.6. The minimum Gasteiger partial charge on any atom is -0.508 e. The number of hydrogen-bond acceptors (Lipinski definition) is 15. The molecule has 16 heteroatoms. The summed E-state index contributed by atoms with van der Waals surface area (Å²) in [7, 11) is 4.97. The van der Waals surface area contributed by atoms with Gasteiger partial charge in [0.2, 0.25) is 0 Å². The summed E-state index contributed by atoms with van der Waals surface area (Å²) in [5.41, 5.74) is 6.56. The summed E-state index contributed by atoms with van der Waals surface area (Å²) >= 11 is 0. The van der Waals surface area contributed by atoms with Gasteiger partial charge in [-0.1, -0.05) is 91.1 Å². The molecule has 2 fully saturated rings. The van der Waals surface area contributed by atoms with E-state index in [1.807, 2.05) is 144 Å². The summed E-state index contributed by atoms with van der Waals surface area (Å²) in [6.45, 7) is 18.1. The Morgan fingerprint density at radius 3 is 1.08 bits per heavy atom. The number of benzene rings is 6. The van der Waals surface area contributed by atoms with Gasteiger partial charge in [-0.3, -0.25) is 14.4 Å². The zero-order valence-electron chi connectivity index (χ0n) is 51.0. The van der Waals surface area contributed by atoms with E-state index in [0.717, 1.165) is 61.8 Å². The maximum Gasteiger partial charge on any atom is 0.321 e. The van der Waals surface area contributed by atoms with Gasteiger partial charge in [0.05, 0.1) is 61.0 Å². The molecule has 16 nitrogen and oxygen atoms in total. The Labute approximate surface area is 499 Å². The number of aliphatic hydroxyl groups is 2. The Kier molecular flexibility index (Phi) is 24.4. The maximum atomic E-state index is 12.6. The van der Waals surface area contributed by atoms with Crippen molar-refractivity contribution in [1.29, 1.82) is 0 Å². The fraction of sp³-hybridized carbons (Fsp3) is 0.348. The number of carboxylic acid groups (broad SMARTS) is 1. The predicted molar refractivity (Wildman–Crippen MR) is 330 cm³/mol. The van der Waals surface area contributed by atoms with Crippen molar-refractivity contribution in [2.45, 2.75) is 80.8 Å². The molecule has 0 spiro atoms. The summed E-state index contributed by atoms with van der Waals surface area (Å²) in [6.07, 6.45) is 12.0. The molecule has 4 N–H and O–H groups in total. The average molecular weight is 1170 g/mol. The van der Waals surface area contributed by atoms with Crippen LogP contribution in [0.5, 0.6) is 34.5 Å². The van der Waals surface area contributed by atoms with Crippen molar-refractivity contribution in [1.82, 2.24) is 0 Å². The molecule has 454 valence electrons. The number of methoxy groups -OCH3 is 3. The van der Waals surface area contributed by atoms with Crippen LogP contribution in [0.25, 0.3) is 36.5 Å². The minimum atomic E-state index is -1.32. The van der Waals surface area contributed by atoms with Crippen molar-refractivity contribution >= 4 is 54.4 Å². The van der Waals surface area contributed by atoms with E-state index in [9.17, 15) is 29.7 Å². The maximum absolute atomic E-state index is 12.6. The molecule has 6 aromatic carbocycles. The highest BCUT2D eigenvalue weighted by molar-refractivity contribution is 5.80. The number of rotatable bonds is 16. The molecular weight excluding hydrogens is 1080 g/mol. The second-order valence-corrected chi connectivity index (χ2v) is 22.6. The van der Waals surface area contributed by atoms with Gasteiger partial charge in [0.15, 0.2) is 11.6 Å². The first-order chi connectivity index (χ1) is 40.1. The van der Waals surface area contributed by atoms with Crippen LogP contribution in [0, 0.1) is 37.0 Å². The molecule has 0 aliphatic carbocycles. The first kappa shape index (κ1) is 67.7. The van der Waals surface area contributed by atoms with E-state index in [1.165, 1.54) is 12.5 Å². The number of carboxylic acids is 1.